The number of rotatable bonds is 3. The van der Waals surface area contributed by atoms with Crippen molar-refractivity contribution < 1.29 is 5.11 Å². The number of hydrogen-bond acceptors (Lipinski definition) is 5. The molecule has 2 N–H and O–H groups in total. The maximum absolute atomic E-state index is 10.4. The Balaban J connectivity index is 1.94. The van der Waals surface area contributed by atoms with Crippen LogP contribution >= 0.6 is 11.6 Å². The minimum Gasteiger partial charge on any atom is -0.493 e. The van der Waals surface area contributed by atoms with Gasteiger partial charge in [0.25, 0.3) is 5.95 Å². The lowest BCUT2D eigenvalue weighted by Crippen LogP contribution is -2.06. The van der Waals surface area contributed by atoms with Crippen LogP contribution in [0.1, 0.15) is 43.6 Å². The molecule has 0 saturated heterocycles. The Morgan fingerprint density at radius 3 is 2.76 bits per heavy atom. The molecule has 2 heterocycles. The van der Waals surface area contributed by atoms with Crippen molar-refractivity contribution in [1.82, 2.24) is 19.7 Å². The predicted molar refractivity (Wildman–Crippen MR) is 81.2 cm³/mol. The van der Waals surface area contributed by atoms with E-state index in [-0.39, 0.29) is 5.88 Å². The molecule has 1 fully saturated rings. The van der Waals surface area contributed by atoms with E-state index < -0.39 is 0 Å². The summed E-state index contributed by atoms with van der Waals surface area (Å²) in [5.74, 6) is 1.33. The Bertz CT molecular complexity index is 636. The van der Waals surface area contributed by atoms with Gasteiger partial charge in [0.15, 0.2) is 0 Å². The number of aromatic nitrogens is 4. The molecule has 6 nitrogen and oxygen atoms in total. The summed E-state index contributed by atoms with van der Waals surface area (Å²) in [5.41, 5.74) is 0.888. The lowest BCUT2D eigenvalue weighted by Gasteiger charge is -2.20. The molecule has 3 rings (SSSR count). The van der Waals surface area contributed by atoms with E-state index in [1.54, 1.807) is 13.2 Å². The normalized spacial score (nSPS) is 16.1. The molecule has 7 heteroatoms. The van der Waals surface area contributed by atoms with Gasteiger partial charge >= 0.3 is 0 Å². The van der Waals surface area contributed by atoms with Gasteiger partial charge in [0, 0.05) is 12.6 Å². The summed E-state index contributed by atoms with van der Waals surface area (Å²) in [6.07, 6.45) is 9.11. The Hall–Kier alpha value is -1.82. The molecule has 1 aliphatic carbocycles. The Labute approximate surface area is 128 Å². The molecule has 0 amide bonds. The third-order valence-corrected chi connectivity index (χ3v) is 4.25. The number of anilines is 1. The SMILES string of the molecule is CNc1nc(-n2ncc(C3CCCCC3)c2O)ncc1Cl. The molecule has 0 radical (unpaired) electrons. The molecule has 1 aliphatic rings. The highest BCUT2D eigenvalue weighted by molar-refractivity contribution is 6.32. The van der Waals surface area contributed by atoms with Gasteiger partial charge in [-0.1, -0.05) is 30.9 Å². The largest absolute Gasteiger partial charge is 0.493 e. The number of halogens is 1. The van der Waals surface area contributed by atoms with Crippen LogP contribution in [0.15, 0.2) is 12.4 Å². The molecule has 2 aromatic rings. The Morgan fingerprint density at radius 2 is 2.05 bits per heavy atom. The molecule has 1 saturated carbocycles. The van der Waals surface area contributed by atoms with Gasteiger partial charge in [0.1, 0.15) is 10.8 Å². The molecular weight excluding hydrogens is 290 g/mol. The quantitative estimate of drug-likeness (QED) is 0.911. The van der Waals surface area contributed by atoms with Crippen molar-refractivity contribution in [2.45, 2.75) is 38.0 Å². The summed E-state index contributed by atoms with van der Waals surface area (Å²) in [4.78, 5) is 8.40. The zero-order chi connectivity index (χ0) is 14.8. The van der Waals surface area contributed by atoms with E-state index in [0.717, 1.165) is 18.4 Å². The van der Waals surface area contributed by atoms with Crippen LogP contribution in [-0.4, -0.2) is 31.9 Å². The average molecular weight is 308 g/mol. The second-order valence-corrected chi connectivity index (χ2v) is 5.69. The molecule has 0 spiro atoms. The van der Waals surface area contributed by atoms with E-state index >= 15 is 0 Å². The van der Waals surface area contributed by atoms with E-state index in [0.29, 0.717) is 22.7 Å². The molecule has 2 aromatic heterocycles. The summed E-state index contributed by atoms with van der Waals surface area (Å²) in [6.45, 7) is 0. The minimum atomic E-state index is 0.131. The van der Waals surface area contributed by atoms with Crippen LogP contribution in [-0.2, 0) is 0 Å². The molecular formula is C14H18ClN5O. The van der Waals surface area contributed by atoms with Gasteiger partial charge in [-0.2, -0.15) is 14.8 Å². The third-order valence-electron chi connectivity index (χ3n) is 3.97. The lowest BCUT2D eigenvalue weighted by atomic mass is 9.85. The topological polar surface area (TPSA) is 75.9 Å². The molecule has 0 atom stereocenters. The summed E-state index contributed by atoms with van der Waals surface area (Å²) < 4.78 is 1.36. The lowest BCUT2D eigenvalue weighted by molar-refractivity contribution is 0.396. The fourth-order valence-corrected chi connectivity index (χ4v) is 3.02. The summed E-state index contributed by atoms with van der Waals surface area (Å²) in [5, 5.41) is 18.0. The van der Waals surface area contributed by atoms with Gasteiger partial charge in [-0.3, -0.25) is 0 Å². The van der Waals surface area contributed by atoms with Gasteiger partial charge in [-0.15, -0.1) is 0 Å². The fraction of sp³-hybridized carbons (Fsp3) is 0.500. The van der Waals surface area contributed by atoms with Crippen LogP contribution in [0.25, 0.3) is 5.95 Å². The van der Waals surface area contributed by atoms with E-state index in [9.17, 15) is 5.11 Å². The number of nitrogens with zero attached hydrogens (tertiary/aromatic N) is 4. The number of aromatic hydroxyl groups is 1. The molecule has 0 aromatic carbocycles. The van der Waals surface area contributed by atoms with Crippen LogP contribution < -0.4 is 5.32 Å². The summed E-state index contributed by atoms with van der Waals surface area (Å²) in [6, 6.07) is 0. The van der Waals surface area contributed by atoms with Crippen molar-refractivity contribution in [3.05, 3.63) is 23.0 Å². The van der Waals surface area contributed by atoms with Crippen LogP contribution in [0.4, 0.5) is 5.82 Å². The summed E-state index contributed by atoms with van der Waals surface area (Å²) in [7, 11) is 1.73. The second kappa shape index (κ2) is 5.89. The van der Waals surface area contributed by atoms with Crippen molar-refractivity contribution in [3.8, 4) is 11.8 Å². The molecule has 0 aliphatic heterocycles. The number of nitrogens with one attached hydrogen (secondary N) is 1. The highest BCUT2D eigenvalue weighted by atomic mass is 35.5. The van der Waals surface area contributed by atoms with Crippen LogP contribution in [0.3, 0.4) is 0 Å². The first-order chi connectivity index (χ1) is 10.2. The van der Waals surface area contributed by atoms with Crippen molar-refractivity contribution in [2.24, 2.45) is 0 Å². The zero-order valence-corrected chi connectivity index (χ0v) is 12.6. The highest BCUT2D eigenvalue weighted by Gasteiger charge is 2.23. The van der Waals surface area contributed by atoms with Crippen molar-refractivity contribution in [3.63, 3.8) is 0 Å². The van der Waals surface area contributed by atoms with E-state index in [1.165, 1.54) is 30.1 Å². The molecule has 0 unspecified atom stereocenters. The van der Waals surface area contributed by atoms with E-state index in [1.807, 2.05) is 0 Å². The van der Waals surface area contributed by atoms with Crippen LogP contribution in [0, 0.1) is 0 Å². The molecule has 21 heavy (non-hydrogen) atoms. The zero-order valence-electron chi connectivity index (χ0n) is 11.9. The van der Waals surface area contributed by atoms with Gasteiger partial charge in [0.2, 0.25) is 5.88 Å². The van der Waals surface area contributed by atoms with Crippen LogP contribution in [0.5, 0.6) is 5.88 Å². The highest BCUT2D eigenvalue weighted by Crippen LogP contribution is 2.37. The van der Waals surface area contributed by atoms with Crippen molar-refractivity contribution in [1.29, 1.82) is 0 Å². The number of hydrogen-bond donors (Lipinski definition) is 2. The van der Waals surface area contributed by atoms with E-state index in [2.05, 4.69) is 20.4 Å². The average Bonchev–Trinajstić information content (AvgIpc) is 2.90. The van der Waals surface area contributed by atoms with Gasteiger partial charge < -0.3 is 10.4 Å². The second-order valence-electron chi connectivity index (χ2n) is 5.29. The smallest absolute Gasteiger partial charge is 0.255 e. The molecule has 0 bridgehead atoms. The standard InChI is InChI=1S/C14H18ClN5O/c1-16-12-11(15)8-17-14(19-12)20-13(21)10(7-18-20)9-5-3-2-4-6-9/h7-9,21H,2-6H2,1H3,(H,16,17,19). The van der Waals surface area contributed by atoms with E-state index in [4.69, 9.17) is 11.6 Å². The monoisotopic (exact) mass is 307 g/mol. The van der Waals surface area contributed by atoms with Crippen molar-refractivity contribution in [2.75, 3.05) is 12.4 Å². The van der Waals surface area contributed by atoms with Crippen LogP contribution in [0.2, 0.25) is 5.02 Å². The van der Waals surface area contributed by atoms with Gasteiger partial charge in [-0.05, 0) is 18.8 Å². The Morgan fingerprint density at radius 1 is 1.29 bits per heavy atom. The third kappa shape index (κ3) is 2.68. The first-order valence-electron chi connectivity index (χ1n) is 7.18. The fourth-order valence-electron chi connectivity index (χ4n) is 2.84. The van der Waals surface area contributed by atoms with Crippen molar-refractivity contribution >= 4 is 17.4 Å². The first-order valence-corrected chi connectivity index (χ1v) is 7.56. The van der Waals surface area contributed by atoms with Gasteiger partial charge in [-0.25, -0.2) is 4.98 Å². The summed E-state index contributed by atoms with van der Waals surface area (Å²) >= 11 is 5.97. The maximum atomic E-state index is 10.4. The predicted octanol–water partition coefficient (Wildman–Crippen LogP) is 3.11. The van der Waals surface area contributed by atoms with Gasteiger partial charge in [0.05, 0.1) is 12.4 Å². The molecule has 112 valence electrons. The maximum Gasteiger partial charge on any atom is 0.255 e. The Kier molecular flexibility index (Phi) is 3.96. The first kappa shape index (κ1) is 14.1. The minimum absolute atomic E-state index is 0.131.